The van der Waals surface area contributed by atoms with E-state index in [1.54, 1.807) is 0 Å². The van der Waals surface area contributed by atoms with Crippen molar-refractivity contribution in [1.29, 1.82) is 0 Å². The molecule has 0 rings (SSSR count). The second kappa shape index (κ2) is 49.2. The highest BCUT2D eigenvalue weighted by Gasteiger charge is 2.28. The third-order valence-electron chi connectivity index (χ3n) is 11.5. The number of likely N-dealkylation sites (N-methyl/N-ethyl adjacent to an activating group) is 1. The van der Waals surface area contributed by atoms with Gasteiger partial charge in [-0.25, -0.2) is 4.57 Å². The van der Waals surface area contributed by atoms with Gasteiger partial charge in [-0.15, -0.1) is 0 Å². The Morgan fingerprint density at radius 3 is 1.29 bits per heavy atom. The van der Waals surface area contributed by atoms with Crippen LogP contribution >= 0.6 is 7.82 Å². The molecule has 3 atom stereocenters. The van der Waals surface area contributed by atoms with Crippen molar-refractivity contribution < 1.29 is 32.9 Å². The van der Waals surface area contributed by atoms with Crippen molar-refractivity contribution in [2.75, 3.05) is 40.9 Å². The molecular formula is C59H104N2O6P+. The normalized spacial score (nSPS) is 14.9. The fourth-order valence-electron chi connectivity index (χ4n) is 7.27. The van der Waals surface area contributed by atoms with Crippen LogP contribution < -0.4 is 5.32 Å². The lowest BCUT2D eigenvalue weighted by Crippen LogP contribution is -2.46. The lowest BCUT2D eigenvalue weighted by molar-refractivity contribution is -0.870. The topological polar surface area (TPSA) is 105 Å². The largest absolute Gasteiger partial charge is 0.472 e. The van der Waals surface area contributed by atoms with E-state index in [9.17, 15) is 19.4 Å². The summed E-state index contributed by atoms with van der Waals surface area (Å²) in [5.74, 6) is -0.168. The van der Waals surface area contributed by atoms with E-state index in [2.05, 4.69) is 129 Å². The molecule has 0 fully saturated rings. The minimum Gasteiger partial charge on any atom is -0.391 e. The van der Waals surface area contributed by atoms with E-state index in [0.29, 0.717) is 23.9 Å². The van der Waals surface area contributed by atoms with Crippen LogP contribution in [0.5, 0.6) is 0 Å². The van der Waals surface area contributed by atoms with Crippen LogP contribution in [0.3, 0.4) is 0 Å². The molecule has 0 aromatic rings. The van der Waals surface area contributed by atoms with Gasteiger partial charge in [0, 0.05) is 6.42 Å². The average Bonchev–Trinajstić information content (AvgIpc) is 3.30. The van der Waals surface area contributed by atoms with Gasteiger partial charge >= 0.3 is 7.82 Å². The molecule has 0 radical (unpaired) electrons. The standard InChI is InChI=1S/C59H103N2O6P/c1-6-8-10-12-14-16-18-20-21-22-23-24-25-26-27-28-29-30-31-32-33-34-35-36-37-38-39-41-43-45-47-49-51-53-59(63)60-57(56-67-68(64,65)66-55-54-61(3,4)5)58(62)52-50-48-46-44-42-40-19-17-15-13-11-9-7-2/h8,10,14,16,20-21,23-24,26-27,29-30,32-33,35-36,38-39,57-58,62H,6-7,9,11-13,15,17-19,22,25,28,31,34,37,40-56H2,1-5H3,(H-,60,63,64,65)/p+1/b10-8-,16-14-,21-20-,24-23-,27-26-,30-29-,33-32-,36-35-,39-38-. The van der Waals surface area contributed by atoms with Crippen molar-refractivity contribution in [3.63, 3.8) is 0 Å². The Bertz CT molecular complexity index is 1470. The van der Waals surface area contributed by atoms with E-state index in [1.807, 2.05) is 21.1 Å². The van der Waals surface area contributed by atoms with Crippen LogP contribution in [-0.4, -0.2) is 73.4 Å². The van der Waals surface area contributed by atoms with E-state index in [1.165, 1.54) is 64.2 Å². The number of quaternary nitrogens is 1. The van der Waals surface area contributed by atoms with Crippen LogP contribution in [-0.2, 0) is 18.4 Å². The molecule has 1 amide bonds. The number of phosphoric acid groups is 1. The molecule has 0 aliphatic carbocycles. The first kappa shape index (κ1) is 65.2. The zero-order valence-electron chi connectivity index (χ0n) is 44.3. The summed E-state index contributed by atoms with van der Waals surface area (Å²) in [5, 5.41) is 14.0. The average molecular weight is 968 g/mol. The van der Waals surface area contributed by atoms with Crippen molar-refractivity contribution in [3.05, 3.63) is 109 Å². The number of allylic oxidation sites excluding steroid dienone is 18. The van der Waals surface area contributed by atoms with Gasteiger partial charge in [0.15, 0.2) is 0 Å². The van der Waals surface area contributed by atoms with E-state index in [4.69, 9.17) is 9.05 Å². The Kier molecular flexibility index (Phi) is 47.1. The molecule has 0 aromatic heterocycles. The number of carbonyl (C=O) groups excluding carboxylic acids is 1. The molecule has 3 N–H and O–H groups in total. The Morgan fingerprint density at radius 2 is 0.882 bits per heavy atom. The molecule has 0 heterocycles. The van der Waals surface area contributed by atoms with Gasteiger partial charge in [-0.1, -0.05) is 226 Å². The lowest BCUT2D eigenvalue weighted by Gasteiger charge is -2.26. The van der Waals surface area contributed by atoms with E-state index >= 15 is 0 Å². The Hall–Kier alpha value is -2.84. The highest BCUT2D eigenvalue weighted by atomic mass is 31.2. The maximum Gasteiger partial charge on any atom is 0.472 e. The quantitative estimate of drug-likeness (QED) is 0.0243. The van der Waals surface area contributed by atoms with Crippen molar-refractivity contribution in [2.24, 2.45) is 0 Å². The monoisotopic (exact) mass is 968 g/mol. The van der Waals surface area contributed by atoms with E-state index < -0.39 is 20.0 Å². The highest BCUT2D eigenvalue weighted by Crippen LogP contribution is 2.43. The van der Waals surface area contributed by atoms with Gasteiger partial charge in [0.25, 0.3) is 0 Å². The Labute approximate surface area is 419 Å². The number of nitrogens with one attached hydrogen (secondary N) is 1. The number of unbranched alkanes of at least 4 members (excludes halogenated alkanes) is 17. The smallest absolute Gasteiger partial charge is 0.391 e. The minimum atomic E-state index is -4.33. The number of nitrogens with zero attached hydrogens (tertiary/aromatic N) is 1. The fraction of sp³-hybridized carbons (Fsp3) is 0.678. The third kappa shape index (κ3) is 51.0. The zero-order valence-corrected chi connectivity index (χ0v) is 45.2. The Morgan fingerprint density at radius 1 is 0.515 bits per heavy atom. The predicted molar refractivity (Wildman–Crippen MR) is 295 cm³/mol. The van der Waals surface area contributed by atoms with Crippen LogP contribution in [0.1, 0.15) is 206 Å². The van der Waals surface area contributed by atoms with Gasteiger partial charge < -0.3 is 19.8 Å². The van der Waals surface area contributed by atoms with E-state index in [-0.39, 0.29) is 19.1 Å². The summed E-state index contributed by atoms with van der Waals surface area (Å²) < 4.78 is 23.7. The van der Waals surface area contributed by atoms with Crippen LogP contribution in [0.15, 0.2) is 109 Å². The molecule has 0 spiro atoms. The number of phosphoric ester groups is 1. The molecule has 0 saturated heterocycles. The van der Waals surface area contributed by atoms with Crippen molar-refractivity contribution >= 4 is 13.7 Å². The summed E-state index contributed by atoms with van der Waals surface area (Å²) >= 11 is 0. The molecule has 0 aliphatic rings. The number of rotatable bonds is 48. The lowest BCUT2D eigenvalue weighted by atomic mass is 10.0. The van der Waals surface area contributed by atoms with Crippen LogP contribution in [0.25, 0.3) is 0 Å². The van der Waals surface area contributed by atoms with E-state index in [0.717, 1.165) is 116 Å². The molecule has 3 unspecified atom stereocenters. The first-order chi connectivity index (χ1) is 33.0. The van der Waals surface area contributed by atoms with Gasteiger partial charge in [-0.3, -0.25) is 13.8 Å². The molecular weight excluding hydrogens is 864 g/mol. The number of hydrogen-bond acceptors (Lipinski definition) is 5. The maximum atomic E-state index is 13.0. The summed E-state index contributed by atoms with van der Waals surface area (Å²) in [4.78, 5) is 23.3. The molecule has 0 aromatic carbocycles. The molecule has 68 heavy (non-hydrogen) atoms. The summed E-state index contributed by atoms with van der Waals surface area (Å²) in [6.45, 7) is 4.74. The third-order valence-corrected chi connectivity index (χ3v) is 12.5. The number of hydrogen-bond donors (Lipinski definition) is 3. The zero-order chi connectivity index (χ0) is 49.9. The predicted octanol–water partition coefficient (Wildman–Crippen LogP) is 16.4. The van der Waals surface area contributed by atoms with Gasteiger partial charge in [-0.05, 0) is 83.5 Å². The molecule has 390 valence electrons. The van der Waals surface area contributed by atoms with Crippen molar-refractivity contribution in [3.8, 4) is 0 Å². The number of aliphatic hydroxyl groups excluding tert-OH is 1. The van der Waals surface area contributed by atoms with Crippen LogP contribution in [0.4, 0.5) is 0 Å². The van der Waals surface area contributed by atoms with Gasteiger partial charge in [0.2, 0.25) is 5.91 Å². The molecule has 0 aliphatic heterocycles. The number of amides is 1. The summed E-state index contributed by atoms with van der Waals surface area (Å²) in [6, 6.07) is -0.778. The molecule has 9 heteroatoms. The minimum absolute atomic E-state index is 0.0647. The highest BCUT2D eigenvalue weighted by molar-refractivity contribution is 7.47. The molecule has 8 nitrogen and oxygen atoms in total. The second-order valence-electron chi connectivity index (χ2n) is 19.2. The first-order valence-electron chi connectivity index (χ1n) is 27.3. The number of carbonyl (C=O) groups is 1. The Balaban J connectivity index is 4.23. The summed E-state index contributed by atoms with van der Waals surface area (Å²) in [7, 11) is 1.58. The van der Waals surface area contributed by atoms with Gasteiger partial charge in [-0.2, -0.15) is 0 Å². The summed E-state index contributed by atoms with van der Waals surface area (Å²) in [6.07, 6.45) is 71.3. The molecule has 0 saturated carbocycles. The number of aliphatic hydroxyl groups is 1. The summed E-state index contributed by atoms with van der Waals surface area (Å²) in [5.41, 5.74) is 0. The SMILES string of the molecule is CC/C=C\C/C=C\C/C=C\C/C=C\C/C=C\C/C=C\C/C=C\C/C=C\C/C=C\CCCCCCCC(=O)NC(COP(=O)(O)OCC[N+](C)(C)C)C(O)CCCCCCCCCCCCCCC. The second-order valence-corrected chi connectivity index (χ2v) is 20.7. The van der Waals surface area contributed by atoms with Gasteiger partial charge in [0.1, 0.15) is 13.2 Å². The molecule has 0 bridgehead atoms. The van der Waals surface area contributed by atoms with Crippen molar-refractivity contribution in [1.82, 2.24) is 5.32 Å². The van der Waals surface area contributed by atoms with Crippen LogP contribution in [0, 0.1) is 0 Å². The first-order valence-corrected chi connectivity index (χ1v) is 28.7. The van der Waals surface area contributed by atoms with Crippen LogP contribution in [0.2, 0.25) is 0 Å². The maximum absolute atomic E-state index is 13.0. The fourth-order valence-corrected chi connectivity index (χ4v) is 8.01. The van der Waals surface area contributed by atoms with Crippen molar-refractivity contribution in [2.45, 2.75) is 219 Å². The van der Waals surface area contributed by atoms with Gasteiger partial charge in [0.05, 0.1) is 39.9 Å².